The number of oxazole rings is 1. The van der Waals surface area contributed by atoms with Gasteiger partial charge in [-0.25, -0.2) is 38.1 Å². The van der Waals surface area contributed by atoms with Crippen molar-refractivity contribution in [3.63, 3.8) is 0 Å². The lowest BCUT2D eigenvalue weighted by Gasteiger charge is -2.40. The number of urea groups is 1. The highest BCUT2D eigenvalue weighted by atomic mass is 19.1. The number of hydrogen-bond donors (Lipinski definition) is 4. The standard InChI is InChI=1S/C13H21FN2O.C12H21NO2.C12H23NO2.C11H19NO3.C10H20N2O.C10H19NO2.C9H17NO2/c1-13(2,3)11-4-5-16(8-12(11)14)7-10-6-15-9-17-10;1-9-2-6-11(7-3-9)13-12(14)15-8-10-4-5-10;1-9(2)10-5-7-11(8-6-10)15-12(14)13(3)4;1-8-2-4-9(5-3-8)12-6-10(7-13)15-11(12)14;1-8-4-6-9(7-5-8)11-10(13)12(2)3;1-8-4-6-9(7-5-8)11(2)10(12)13-3;1-7-3-5-8(6-4-7)10-9(11)12-2/h6,9,11-12H,4-5,7-8H2,1-3H3;9-11H,2-8H2,1H3,(H,13,14);9-11H,5-8H2,1-4H3;8-10,13H,2-7H2,1H3;8-9H,4-7H2,1-3H3,(H,11,13);8-9H,4-7H2,1-3H3;7-8H,3-6H2,1-2H3,(H,10,11). The molecule has 22 nitrogen and oxygen atoms in total. The first-order valence-electron chi connectivity index (χ1n) is 38.6. The van der Waals surface area contributed by atoms with E-state index in [-0.39, 0.29) is 66.6 Å². The van der Waals surface area contributed by atoms with Gasteiger partial charge in [-0.15, -0.1) is 0 Å². The maximum atomic E-state index is 14.1. The summed E-state index contributed by atoms with van der Waals surface area (Å²) in [6, 6.07) is 1.88. The monoisotopic (exact) mass is 1420 g/mol. The molecule has 3 atom stereocenters. The second-order valence-electron chi connectivity index (χ2n) is 32.8. The molecule has 578 valence electrons. The second kappa shape index (κ2) is 45.7. The van der Waals surface area contributed by atoms with Crippen LogP contribution in [0, 0.1) is 58.7 Å². The Balaban J connectivity index is 0.000000248. The van der Waals surface area contributed by atoms with Gasteiger partial charge in [0.1, 0.15) is 24.1 Å². The summed E-state index contributed by atoms with van der Waals surface area (Å²) in [7, 11) is 11.7. The number of carbonyl (C=O) groups excluding carboxylic acids is 6. The van der Waals surface area contributed by atoms with Crippen molar-refractivity contribution < 1.29 is 66.4 Å². The van der Waals surface area contributed by atoms with Gasteiger partial charge in [-0.1, -0.05) is 69.2 Å². The Hall–Kier alpha value is -5.32. The molecule has 9 aliphatic rings. The minimum atomic E-state index is -0.744. The van der Waals surface area contributed by atoms with E-state index in [2.05, 4.69) is 105 Å². The number of alkyl halides is 1. The van der Waals surface area contributed by atoms with Crippen LogP contribution in [-0.2, 0) is 30.2 Å². The summed E-state index contributed by atoms with van der Waals surface area (Å²) in [6.45, 7) is 25.5. The molecule has 2 saturated heterocycles. The number of carbonyl (C=O) groups is 6. The fraction of sp³-hybridized carbons (Fsp3) is 0.883. The van der Waals surface area contributed by atoms with Crippen LogP contribution in [0.15, 0.2) is 17.0 Å². The molecule has 3 heterocycles. The molecule has 7 saturated carbocycles. The number of halogens is 1. The second-order valence-corrected chi connectivity index (χ2v) is 32.8. The van der Waals surface area contributed by atoms with Gasteiger partial charge >= 0.3 is 36.5 Å². The third-order valence-electron chi connectivity index (χ3n) is 22.2. The van der Waals surface area contributed by atoms with Crippen molar-refractivity contribution in [1.82, 2.24) is 45.4 Å². The van der Waals surface area contributed by atoms with Crippen LogP contribution in [0.25, 0.3) is 0 Å². The summed E-state index contributed by atoms with van der Waals surface area (Å²) in [5.41, 5.74) is 0.0533. The number of amides is 7. The van der Waals surface area contributed by atoms with Crippen molar-refractivity contribution in [2.45, 2.75) is 298 Å². The van der Waals surface area contributed by atoms with E-state index in [0.717, 1.165) is 137 Å². The molecule has 7 aliphatic carbocycles. The Morgan fingerprint density at radius 3 is 1.53 bits per heavy atom. The number of nitrogens with one attached hydrogen (secondary N) is 3. The number of aliphatic hydroxyl groups excluding tert-OH is 1. The Morgan fingerprint density at radius 1 is 0.630 bits per heavy atom. The van der Waals surface area contributed by atoms with E-state index in [4.69, 9.17) is 23.7 Å². The molecule has 1 aromatic heterocycles. The Bertz CT molecular complexity index is 2420. The first-order chi connectivity index (χ1) is 47.4. The molecular formula is C77H140FN9O13. The third-order valence-corrected chi connectivity index (χ3v) is 22.2. The van der Waals surface area contributed by atoms with Crippen molar-refractivity contribution in [2.75, 3.05) is 82.3 Å². The highest BCUT2D eigenvalue weighted by molar-refractivity contribution is 5.74. The first kappa shape index (κ1) is 87.1. The molecule has 1 aromatic rings. The average Bonchev–Trinajstić information content (AvgIpc) is 1.36. The van der Waals surface area contributed by atoms with Crippen molar-refractivity contribution in [2.24, 2.45) is 58.7 Å². The Labute approximate surface area is 602 Å². The van der Waals surface area contributed by atoms with Crippen molar-refractivity contribution in [3.8, 4) is 0 Å². The van der Waals surface area contributed by atoms with E-state index in [1.807, 2.05) is 7.05 Å². The molecule has 9 fully saturated rings. The van der Waals surface area contributed by atoms with Gasteiger partial charge in [-0.2, -0.15) is 0 Å². The summed E-state index contributed by atoms with van der Waals surface area (Å²) >= 11 is 0. The van der Waals surface area contributed by atoms with E-state index in [9.17, 15) is 33.2 Å². The number of alkyl carbamates (subject to hydrolysis) is 2. The number of ether oxygens (including phenoxy) is 5. The lowest BCUT2D eigenvalue weighted by Crippen LogP contribution is -2.45. The van der Waals surface area contributed by atoms with E-state index in [1.54, 1.807) is 49.1 Å². The summed E-state index contributed by atoms with van der Waals surface area (Å²) in [5.74, 6) is 7.30. The van der Waals surface area contributed by atoms with Gasteiger partial charge in [-0.05, 0) is 239 Å². The van der Waals surface area contributed by atoms with Crippen LogP contribution in [0.2, 0.25) is 0 Å². The Morgan fingerprint density at radius 2 is 1.12 bits per heavy atom. The van der Waals surface area contributed by atoms with Crippen LogP contribution in [0.3, 0.4) is 0 Å². The zero-order chi connectivity index (χ0) is 74.1. The third kappa shape index (κ3) is 34.3. The first-order valence-corrected chi connectivity index (χ1v) is 38.6. The normalized spacial score (nSPS) is 29.7. The number of aliphatic hydroxyl groups is 1. The number of cyclic esters (lactones) is 1. The zero-order valence-corrected chi connectivity index (χ0v) is 65.2. The molecule has 2 aliphatic heterocycles. The van der Waals surface area contributed by atoms with Gasteiger partial charge in [0, 0.05) is 72.0 Å². The lowest BCUT2D eigenvalue weighted by atomic mass is 9.74. The number of methoxy groups -OCH3 is 2. The summed E-state index contributed by atoms with van der Waals surface area (Å²) in [4.78, 5) is 80.2. The SMILES string of the molecule is CC(C)(C)C1CCN(Cc2cnco2)CC1F.CC(C)C1CCC(OC(=O)N(C)C)CC1.CC1CCC(N2CC(CO)OC2=O)CC1.CC1CCC(NC(=O)N(C)C)CC1.CC1CCC(NC(=O)OCC2CC2)CC1.COC(=O)N(C)C1CCC(C)CC1.COC(=O)NC1CCC(C)CC1. The van der Waals surface area contributed by atoms with Crippen LogP contribution >= 0.6 is 0 Å². The highest BCUT2D eigenvalue weighted by Gasteiger charge is 2.39. The fourth-order valence-electron chi connectivity index (χ4n) is 14.6. The van der Waals surface area contributed by atoms with Crippen LogP contribution in [-0.4, -0.2) is 202 Å². The van der Waals surface area contributed by atoms with Crippen LogP contribution in [0.5, 0.6) is 0 Å². The van der Waals surface area contributed by atoms with E-state index >= 15 is 0 Å². The maximum Gasteiger partial charge on any atom is 0.410 e. The van der Waals surface area contributed by atoms with E-state index in [1.165, 1.54) is 115 Å². The van der Waals surface area contributed by atoms with Gasteiger partial charge in [-0.3, -0.25) is 4.90 Å². The van der Waals surface area contributed by atoms with Gasteiger partial charge in [0.05, 0.1) is 46.7 Å². The smallest absolute Gasteiger partial charge is 0.410 e. The molecular weight excluding hydrogens is 1280 g/mol. The molecule has 0 radical (unpaired) electrons. The van der Waals surface area contributed by atoms with E-state index < -0.39 is 6.17 Å². The summed E-state index contributed by atoms with van der Waals surface area (Å²) < 4.78 is 44.1. The highest BCUT2D eigenvalue weighted by Crippen LogP contribution is 2.37. The van der Waals surface area contributed by atoms with Gasteiger partial charge in [0.25, 0.3) is 0 Å². The maximum absolute atomic E-state index is 14.1. The van der Waals surface area contributed by atoms with Gasteiger partial charge in [0.15, 0.2) is 6.39 Å². The number of piperidine rings is 1. The van der Waals surface area contributed by atoms with E-state index in [0.29, 0.717) is 62.4 Å². The lowest BCUT2D eigenvalue weighted by molar-refractivity contribution is 0.0210. The summed E-state index contributed by atoms with van der Waals surface area (Å²) in [6.07, 6.45) is 32.2. The molecule has 0 spiro atoms. The molecule has 100 heavy (non-hydrogen) atoms. The van der Waals surface area contributed by atoms with Crippen molar-refractivity contribution >= 4 is 36.5 Å². The predicted molar refractivity (Wildman–Crippen MR) is 391 cm³/mol. The topological polar surface area (TPSA) is 247 Å². The number of likely N-dealkylation sites (tertiary alicyclic amines) is 1. The molecule has 4 N–H and O–H groups in total. The number of nitrogens with zero attached hydrogens (tertiary/aromatic N) is 6. The van der Waals surface area contributed by atoms with Gasteiger partial charge in [0.2, 0.25) is 0 Å². The molecule has 0 aromatic carbocycles. The minimum absolute atomic E-state index is 0.0413. The van der Waals surface area contributed by atoms with Crippen molar-refractivity contribution in [1.29, 1.82) is 0 Å². The number of rotatable bonds is 12. The molecule has 10 rings (SSSR count). The Kier molecular flexibility index (Phi) is 39.8. The molecule has 3 unspecified atom stereocenters. The van der Waals surface area contributed by atoms with Crippen LogP contribution in [0.1, 0.15) is 248 Å². The quantitative estimate of drug-likeness (QED) is 0.142. The number of hydrogen-bond acceptors (Lipinski definition) is 15. The molecule has 0 bridgehead atoms. The molecule has 7 amide bonds. The average molecular weight is 1420 g/mol. The van der Waals surface area contributed by atoms with Crippen LogP contribution < -0.4 is 16.0 Å². The van der Waals surface area contributed by atoms with Gasteiger partial charge < -0.3 is 68.8 Å². The van der Waals surface area contributed by atoms with Crippen LogP contribution in [0.4, 0.5) is 33.2 Å². The zero-order valence-electron chi connectivity index (χ0n) is 65.2. The predicted octanol–water partition coefficient (Wildman–Crippen LogP) is 15.9. The number of aromatic nitrogens is 1. The minimum Gasteiger partial charge on any atom is -0.453 e. The summed E-state index contributed by atoms with van der Waals surface area (Å²) in [5, 5.41) is 17.8. The van der Waals surface area contributed by atoms with Crippen molar-refractivity contribution in [3.05, 3.63) is 18.4 Å². The molecule has 23 heteroatoms. The largest absolute Gasteiger partial charge is 0.453 e. The fourth-order valence-corrected chi connectivity index (χ4v) is 14.6.